The third-order valence-corrected chi connectivity index (χ3v) is 3.61. The third-order valence-electron chi connectivity index (χ3n) is 3.61. The molecule has 0 unspecified atom stereocenters. The molecule has 1 atom stereocenters. The van der Waals surface area contributed by atoms with Crippen molar-refractivity contribution in [3.63, 3.8) is 0 Å². The van der Waals surface area contributed by atoms with E-state index in [0.717, 1.165) is 25.9 Å². The van der Waals surface area contributed by atoms with Gasteiger partial charge in [0.1, 0.15) is 0 Å². The van der Waals surface area contributed by atoms with E-state index in [2.05, 4.69) is 34.6 Å². The number of rotatable bonds is 6. The van der Waals surface area contributed by atoms with Gasteiger partial charge in [-0.25, -0.2) is 0 Å². The van der Waals surface area contributed by atoms with Gasteiger partial charge in [-0.3, -0.25) is 14.4 Å². The van der Waals surface area contributed by atoms with Crippen LogP contribution in [0, 0.1) is 5.92 Å². The minimum absolute atomic E-state index is 0.217. The number of carbonyl (C=O) groups is 1. The fraction of sp³-hybridized carbons (Fsp3) is 0.714. The van der Waals surface area contributed by atoms with Crippen LogP contribution in [0.5, 0.6) is 0 Å². The minimum Gasteiger partial charge on any atom is -0.481 e. The van der Waals surface area contributed by atoms with Crippen molar-refractivity contribution in [2.24, 2.45) is 5.92 Å². The average molecular weight is 265 g/mol. The molecule has 106 valence electrons. The van der Waals surface area contributed by atoms with Crippen molar-refractivity contribution in [1.29, 1.82) is 0 Å². The topological polar surface area (TPSA) is 58.4 Å². The molecular formula is C14H23N3O2. The largest absolute Gasteiger partial charge is 0.481 e. The maximum Gasteiger partial charge on any atom is 0.304 e. The summed E-state index contributed by atoms with van der Waals surface area (Å²) in [5, 5.41) is 13.2. The van der Waals surface area contributed by atoms with Crippen molar-refractivity contribution >= 4 is 5.97 Å². The van der Waals surface area contributed by atoms with Crippen LogP contribution in [0.25, 0.3) is 0 Å². The van der Waals surface area contributed by atoms with E-state index < -0.39 is 5.97 Å². The maximum atomic E-state index is 10.7. The molecule has 1 aromatic heterocycles. The van der Waals surface area contributed by atoms with Crippen molar-refractivity contribution in [1.82, 2.24) is 14.7 Å². The Balaban J connectivity index is 2.07. The lowest BCUT2D eigenvalue weighted by molar-refractivity contribution is -0.137. The highest BCUT2D eigenvalue weighted by Gasteiger charge is 2.28. The number of carboxylic acids is 1. The summed E-state index contributed by atoms with van der Waals surface area (Å²) in [6.45, 7) is 6.91. The van der Waals surface area contributed by atoms with Crippen LogP contribution in [0.15, 0.2) is 12.3 Å². The Morgan fingerprint density at radius 2 is 2.37 bits per heavy atom. The number of hydrogen-bond acceptors (Lipinski definition) is 3. The highest BCUT2D eigenvalue weighted by atomic mass is 16.4. The lowest BCUT2D eigenvalue weighted by Gasteiger charge is -2.25. The first-order valence-electron chi connectivity index (χ1n) is 7.05. The van der Waals surface area contributed by atoms with Crippen LogP contribution in [0.2, 0.25) is 0 Å². The summed E-state index contributed by atoms with van der Waals surface area (Å²) >= 11 is 0. The smallest absolute Gasteiger partial charge is 0.304 e. The van der Waals surface area contributed by atoms with Crippen LogP contribution >= 0.6 is 0 Å². The number of hydrogen-bond donors (Lipinski definition) is 1. The normalized spacial score (nSPS) is 20.3. The Hall–Kier alpha value is -1.36. The fourth-order valence-corrected chi connectivity index (χ4v) is 2.79. The van der Waals surface area contributed by atoms with Gasteiger partial charge in [-0.1, -0.05) is 13.8 Å². The molecule has 19 heavy (non-hydrogen) atoms. The van der Waals surface area contributed by atoms with Crippen molar-refractivity contribution in [3.05, 3.63) is 18.0 Å². The van der Waals surface area contributed by atoms with Crippen molar-refractivity contribution in [2.75, 3.05) is 13.1 Å². The molecule has 1 aliphatic rings. The van der Waals surface area contributed by atoms with Gasteiger partial charge >= 0.3 is 5.97 Å². The molecule has 0 amide bonds. The molecule has 5 heteroatoms. The first kappa shape index (κ1) is 14.1. The summed E-state index contributed by atoms with van der Waals surface area (Å²) in [5.74, 6) is -0.158. The highest BCUT2D eigenvalue weighted by molar-refractivity contribution is 5.66. The number of likely N-dealkylation sites (tertiary alicyclic amines) is 1. The zero-order valence-electron chi connectivity index (χ0n) is 11.7. The van der Waals surface area contributed by atoms with E-state index in [1.807, 2.05) is 6.20 Å². The quantitative estimate of drug-likeness (QED) is 0.856. The second kappa shape index (κ2) is 6.19. The zero-order chi connectivity index (χ0) is 13.8. The molecule has 0 saturated carbocycles. The van der Waals surface area contributed by atoms with E-state index in [9.17, 15) is 4.79 Å². The van der Waals surface area contributed by atoms with Gasteiger partial charge in [0.15, 0.2) is 0 Å². The van der Waals surface area contributed by atoms with Gasteiger partial charge in [0, 0.05) is 19.3 Å². The third kappa shape index (κ3) is 3.56. The molecule has 5 nitrogen and oxygen atoms in total. The Morgan fingerprint density at radius 1 is 1.58 bits per heavy atom. The van der Waals surface area contributed by atoms with Gasteiger partial charge in [0.05, 0.1) is 18.2 Å². The predicted octanol–water partition coefficient (Wildman–Crippen LogP) is 2.15. The monoisotopic (exact) mass is 265 g/mol. The SMILES string of the molecule is CC(C)Cn1nccc1[C@@H]1CCCN1CCC(=O)O. The molecule has 1 N–H and O–H groups in total. The molecule has 2 rings (SSSR count). The summed E-state index contributed by atoms with van der Waals surface area (Å²) in [4.78, 5) is 13.0. The van der Waals surface area contributed by atoms with Crippen LogP contribution in [0.1, 0.15) is 44.8 Å². The first-order chi connectivity index (χ1) is 9.08. The maximum absolute atomic E-state index is 10.7. The van der Waals surface area contributed by atoms with Crippen molar-refractivity contribution < 1.29 is 9.90 Å². The van der Waals surface area contributed by atoms with Gasteiger partial charge in [0.2, 0.25) is 0 Å². The summed E-state index contributed by atoms with van der Waals surface area (Å²) in [7, 11) is 0. The van der Waals surface area contributed by atoms with E-state index in [1.54, 1.807) is 0 Å². The predicted molar refractivity (Wildman–Crippen MR) is 72.9 cm³/mol. The van der Waals surface area contributed by atoms with Gasteiger partial charge < -0.3 is 5.11 Å². The molecule has 0 aliphatic carbocycles. The van der Waals surface area contributed by atoms with Gasteiger partial charge in [0.25, 0.3) is 0 Å². The Labute approximate surface area is 114 Å². The van der Waals surface area contributed by atoms with Crippen LogP contribution in [0.3, 0.4) is 0 Å². The Bertz CT molecular complexity index is 428. The van der Waals surface area contributed by atoms with E-state index in [-0.39, 0.29) is 6.42 Å². The fourth-order valence-electron chi connectivity index (χ4n) is 2.79. The molecule has 0 aromatic carbocycles. The van der Waals surface area contributed by atoms with Crippen LogP contribution in [-0.4, -0.2) is 38.8 Å². The molecule has 0 spiro atoms. The summed E-state index contributed by atoms with van der Waals surface area (Å²) < 4.78 is 2.08. The molecule has 1 saturated heterocycles. The average Bonchev–Trinajstić information content (AvgIpc) is 2.93. The number of nitrogens with zero attached hydrogens (tertiary/aromatic N) is 3. The van der Waals surface area contributed by atoms with Crippen LogP contribution in [-0.2, 0) is 11.3 Å². The van der Waals surface area contributed by atoms with Crippen LogP contribution < -0.4 is 0 Å². The molecular weight excluding hydrogens is 242 g/mol. The number of aromatic nitrogens is 2. The van der Waals surface area contributed by atoms with Crippen LogP contribution in [0.4, 0.5) is 0 Å². The summed E-state index contributed by atoms with van der Waals surface area (Å²) in [6.07, 6.45) is 4.31. The first-order valence-corrected chi connectivity index (χ1v) is 7.05. The van der Waals surface area contributed by atoms with Crippen molar-refractivity contribution in [2.45, 2.75) is 45.7 Å². The second-order valence-electron chi connectivity index (χ2n) is 5.67. The van der Waals surface area contributed by atoms with Gasteiger partial charge in [-0.15, -0.1) is 0 Å². The molecule has 1 aromatic rings. The molecule has 1 fully saturated rings. The lowest BCUT2D eigenvalue weighted by atomic mass is 10.1. The minimum atomic E-state index is -0.721. The second-order valence-corrected chi connectivity index (χ2v) is 5.67. The number of carboxylic acid groups (broad SMARTS) is 1. The summed E-state index contributed by atoms with van der Waals surface area (Å²) in [5.41, 5.74) is 1.23. The molecule has 0 radical (unpaired) electrons. The van der Waals surface area contributed by atoms with E-state index in [1.165, 1.54) is 5.69 Å². The number of aliphatic carboxylic acids is 1. The molecule has 2 heterocycles. The van der Waals surface area contributed by atoms with E-state index in [0.29, 0.717) is 18.5 Å². The Kier molecular flexibility index (Phi) is 4.58. The van der Waals surface area contributed by atoms with E-state index >= 15 is 0 Å². The standard InChI is InChI=1S/C14H23N3O2/c1-11(2)10-17-13(5-7-15-17)12-4-3-8-16(12)9-6-14(18)19/h5,7,11-12H,3-4,6,8-10H2,1-2H3,(H,18,19)/t12-/m0/s1. The van der Waals surface area contributed by atoms with Gasteiger partial charge in [-0.05, 0) is 31.4 Å². The van der Waals surface area contributed by atoms with Crippen molar-refractivity contribution in [3.8, 4) is 0 Å². The molecule has 0 bridgehead atoms. The van der Waals surface area contributed by atoms with E-state index in [4.69, 9.17) is 5.11 Å². The zero-order valence-corrected chi connectivity index (χ0v) is 11.7. The molecule has 1 aliphatic heterocycles. The Morgan fingerprint density at radius 3 is 3.05 bits per heavy atom. The van der Waals surface area contributed by atoms with Gasteiger partial charge in [-0.2, -0.15) is 5.10 Å². The lowest BCUT2D eigenvalue weighted by Crippen LogP contribution is -2.28. The summed E-state index contributed by atoms with van der Waals surface area (Å²) in [6, 6.07) is 2.41. The highest BCUT2D eigenvalue weighted by Crippen LogP contribution is 2.31.